The molecule has 0 aromatic rings. The summed E-state index contributed by atoms with van der Waals surface area (Å²) in [5.74, 6) is 0.0975. The van der Waals surface area contributed by atoms with E-state index in [0.717, 1.165) is 25.8 Å². The molecular weight excluding hydrogens is 256 g/mol. The van der Waals surface area contributed by atoms with E-state index in [1.54, 1.807) is 0 Å². The Morgan fingerprint density at radius 2 is 2.05 bits per heavy atom. The minimum absolute atomic E-state index is 0.0655. The normalized spacial score (nSPS) is 23.8. The van der Waals surface area contributed by atoms with Gasteiger partial charge in [-0.15, -0.1) is 0 Å². The van der Waals surface area contributed by atoms with Crippen molar-refractivity contribution in [3.63, 3.8) is 0 Å². The summed E-state index contributed by atoms with van der Waals surface area (Å²) in [6.07, 6.45) is 3.64. The Bertz CT molecular complexity index is 336. The lowest BCUT2D eigenvalue weighted by Crippen LogP contribution is -2.51. The van der Waals surface area contributed by atoms with Crippen LogP contribution in [0.2, 0.25) is 0 Å². The van der Waals surface area contributed by atoms with Crippen LogP contribution in [0.15, 0.2) is 0 Å². The monoisotopic (exact) mass is 284 g/mol. The molecule has 1 aliphatic heterocycles. The SMILES string of the molecule is CC(C)C(CCNC(=O)C1(C)CCCN1)CCC(=O)O. The van der Waals surface area contributed by atoms with Gasteiger partial charge < -0.3 is 15.7 Å². The quantitative estimate of drug-likeness (QED) is 0.635. The molecule has 1 fully saturated rings. The molecule has 0 spiro atoms. The molecule has 0 radical (unpaired) electrons. The first-order chi connectivity index (χ1) is 9.35. The van der Waals surface area contributed by atoms with E-state index in [1.807, 2.05) is 6.92 Å². The fraction of sp³-hybridized carbons (Fsp3) is 0.867. The van der Waals surface area contributed by atoms with E-state index in [1.165, 1.54) is 0 Å². The van der Waals surface area contributed by atoms with Crippen molar-refractivity contribution < 1.29 is 14.7 Å². The number of carboxylic acids is 1. The number of hydrogen-bond donors (Lipinski definition) is 3. The van der Waals surface area contributed by atoms with Crippen molar-refractivity contribution >= 4 is 11.9 Å². The first-order valence-corrected chi connectivity index (χ1v) is 7.60. The first kappa shape index (κ1) is 17.0. The first-order valence-electron chi connectivity index (χ1n) is 7.60. The van der Waals surface area contributed by atoms with Gasteiger partial charge in [0.1, 0.15) is 0 Å². The van der Waals surface area contributed by atoms with E-state index < -0.39 is 11.5 Å². The molecule has 1 rings (SSSR count). The molecule has 5 heteroatoms. The lowest BCUT2D eigenvalue weighted by molar-refractivity contribution is -0.137. The molecule has 1 aliphatic rings. The van der Waals surface area contributed by atoms with Crippen LogP contribution >= 0.6 is 0 Å². The molecule has 0 bridgehead atoms. The van der Waals surface area contributed by atoms with Crippen LogP contribution in [0.3, 0.4) is 0 Å². The summed E-state index contributed by atoms with van der Waals surface area (Å²) in [7, 11) is 0. The topological polar surface area (TPSA) is 78.4 Å². The average molecular weight is 284 g/mol. The van der Waals surface area contributed by atoms with E-state index in [4.69, 9.17) is 5.11 Å². The third kappa shape index (κ3) is 5.12. The van der Waals surface area contributed by atoms with Gasteiger partial charge in [-0.3, -0.25) is 9.59 Å². The number of carboxylic acid groups (broad SMARTS) is 1. The second-order valence-corrected chi connectivity index (χ2v) is 6.34. The fourth-order valence-corrected chi connectivity index (χ4v) is 2.77. The molecule has 0 saturated carbocycles. The molecule has 5 nitrogen and oxygen atoms in total. The maximum Gasteiger partial charge on any atom is 0.303 e. The van der Waals surface area contributed by atoms with Crippen molar-refractivity contribution in [1.29, 1.82) is 0 Å². The van der Waals surface area contributed by atoms with Gasteiger partial charge in [0.05, 0.1) is 5.54 Å². The predicted octanol–water partition coefficient (Wildman–Crippen LogP) is 1.77. The number of nitrogens with one attached hydrogen (secondary N) is 2. The molecule has 0 aromatic carbocycles. The summed E-state index contributed by atoms with van der Waals surface area (Å²) in [6.45, 7) is 7.68. The molecule has 2 unspecified atom stereocenters. The molecule has 20 heavy (non-hydrogen) atoms. The van der Waals surface area contributed by atoms with Gasteiger partial charge in [-0.05, 0) is 51.0 Å². The van der Waals surface area contributed by atoms with Crippen molar-refractivity contribution in [1.82, 2.24) is 10.6 Å². The molecular formula is C15H28N2O3. The van der Waals surface area contributed by atoms with Crippen molar-refractivity contribution in [2.75, 3.05) is 13.1 Å². The van der Waals surface area contributed by atoms with Gasteiger partial charge in [0, 0.05) is 13.0 Å². The van der Waals surface area contributed by atoms with Crippen LogP contribution in [0.4, 0.5) is 0 Å². The summed E-state index contributed by atoms with van der Waals surface area (Å²) in [5.41, 5.74) is -0.422. The van der Waals surface area contributed by atoms with E-state index in [2.05, 4.69) is 24.5 Å². The second kappa shape index (κ2) is 7.62. The molecule has 1 saturated heterocycles. The molecule has 0 aliphatic carbocycles. The van der Waals surface area contributed by atoms with Crippen LogP contribution in [-0.2, 0) is 9.59 Å². The minimum Gasteiger partial charge on any atom is -0.481 e. The minimum atomic E-state index is -0.748. The Hall–Kier alpha value is -1.10. The second-order valence-electron chi connectivity index (χ2n) is 6.34. The van der Waals surface area contributed by atoms with Gasteiger partial charge in [-0.1, -0.05) is 13.8 Å². The van der Waals surface area contributed by atoms with E-state index in [9.17, 15) is 9.59 Å². The highest BCUT2D eigenvalue weighted by Gasteiger charge is 2.35. The van der Waals surface area contributed by atoms with Gasteiger partial charge in [0.25, 0.3) is 0 Å². The average Bonchev–Trinajstić information content (AvgIpc) is 2.80. The predicted molar refractivity (Wildman–Crippen MR) is 78.5 cm³/mol. The van der Waals surface area contributed by atoms with Crippen molar-refractivity contribution in [2.45, 2.75) is 58.4 Å². The van der Waals surface area contributed by atoms with E-state index in [-0.39, 0.29) is 12.3 Å². The molecule has 2 atom stereocenters. The highest BCUT2D eigenvalue weighted by atomic mass is 16.4. The molecule has 0 aromatic heterocycles. The Morgan fingerprint density at radius 3 is 2.55 bits per heavy atom. The number of hydrogen-bond acceptors (Lipinski definition) is 3. The fourth-order valence-electron chi connectivity index (χ4n) is 2.77. The number of carbonyl (C=O) groups is 2. The highest BCUT2D eigenvalue weighted by molar-refractivity contribution is 5.86. The van der Waals surface area contributed by atoms with E-state index in [0.29, 0.717) is 24.8 Å². The third-order valence-electron chi connectivity index (χ3n) is 4.34. The molecule has 3 N–H and O–H groups in total. The standard InChI is InChI=1S/C15H28N2O3/c1-11(2)12(5-6-13(18)19)7-10-16-14(20)15(3)8-4-9-17-15/h11-12,17H,4-10H2,1-3H3,(H,16,20)(H,18,19). The molecule has 1 heterocycles. The zero-order valence-corrected chi connectivity index (χ0v) is 12.9. The maximum atomic E-state index is 12.1. The molecule has 1 amide bonds. The number of aliphatic carboxylic acids is 1. The summed E-state index contributed by atoms with van der Waals surface area (Å²) in [4.78, 5) is 22.8. The van der Waals surface area contributed by atoms with Gasteiger partial charge in [-0.25, -0.2) is 0 Å². The largest absolute Gasteiger partial charge is 0.481 e. The van der Waals surface area contributed by atoms with Crippen LogP contribution in [0.1, 0.15) is 52.9 Å². The summed E-state index contributed by atoms with van der Waals surface area (Å²) >= 11 is 0. The van der Waals surface area contributed by atoms with Crippen molar-refractivity contribution in [3.05, 3.63) is 0 Å². The number of rotatable bonds is 8. The van der Waals surface area contributed by atoms with Crippen LogP contribution in [0.5, 0.6) is 0 Å². The van der Waals surface area contributed by atoms with Crippen molar-refractivity contribution in [3.8, 4) is 0 Å². The Labute approximate surface area is 121 Å². The van der Waals surface area contributed by atoms with Crippen LogP contribution < -0.4 is 10.6 Å². The number of carbonyl (C=O) groups excluding carboxylic acids is 1. The Balaban J connectivity index is 2.32. The van der Waals surface area contributed by atoms with Crippen LogP contribution in [0, 0.1) is 11.8 Å². The van der Waals surface area contributed by atoms with Crippen molar-refractivity contribution in [2.24, 2.45) is 11.8 Å². The highest BCUT2D eigenvalue weighted by Crippen LogP contribution is 2.21. The zero-order chi connectivity index (χ0) is 15.2. The third-order valence-corrected chi connectivity index (χ3v) is 4.34. The van der Waals surface area contributed by atoms with E-state index >= 15 is 0 Å². The zero-order valence-electron chi connectivity index (χ0n) is 12.9. The lowest BCUT2D eigenvalue weighted by atomic mass is 9.88. The van der Waals surface area contributed by atoms with Gasteiger partial charge in [-0.2, -0.15) is 0 Å². The lowest BCUT2D eigenvalue weighted by Gasteiger charge is -2.25. The summed E-state index contributed by atoms with van der Waals surface area (Å²) in [5, 5.41) is 15.0. The molecule has 116 valence electrons. The number of amides is 1. The summed E-state index contributed by atoms with van der Waals surface area (Å²) < 4.78 is 0. The van der Waals surface area contributed by atoms with Gasteiger partial charge in [0.15, 0.2) is 0 Å². The van der Waals surface area contributed by atoms with Crippen LogP contribution in [0.25, 0.3) is 0 Å². The van der Waals surface area contributed by atoms with Crippen LogP contribution in [-0.4, -0.2) is 35.6 Å². The summed E-state index contributed by atoms with van der Waals surface area (Å²) in [6, 6.07) is 0. The Kier molecular flexibility index (Phi) is 6.46. The Morgan fingerprint density at radius 1 is 1.35 bits per heavy atom. The van der Waals surface area contributed by atoms with Gasteiger partial charge in [0.2, 0.25) is 5.91 Å². The van der Waals surface area contributed by atoms with Gasteiger partial charge >= 0.3 is 5.97 Å². The maximum absolute atomic E-state index is 12.1. The smallest absolute Gasteiger partial charge is 0.303 e.